The van der Waals surface area contributed by atoms with Crippen molar-refractivity contribution in [1.82, 2.24) is 4.90 Å². The van der Waals surface area contributed by atoms with E-state index in [0.29, 0.717) is 18.1 Å². The van der Waals surface area contributed by atoms with Gasteiger partial charge in [-0.1, -0.05) is 41.9 Å². The van der Waals surface area contributed by atoms with Gasteiger partial charge in [-0.05, 0) is 35.2 Å². The summed E-state index contributed by atoms with van der Waals surface area (Å²) in [6.45, 7) is 1.73. The number of nitrogens with zero attached hydrogens (tertiary/aromatic N) is 1. The van der Waals surface area contributed by atoms with Crippen LogP contribution >= 0.6 is 11.6 Å². The zero-order chi connectivity index (χ0) is 14.8. The van der Waals surface area contributed by atoms with Crippen LogP contribution in [0.25, 0.3) is 0 Å². The van der Waals surface area contributed by atoms with E-state index in [2.05, 4.69) is 0 Å². The normalized spacial score (nSPS) is 14.2. The van der Waals surface area contributed by atoms with Gasteiger partial charge in [0.15, 0.2) is 0 Å². The van der Waals surface area contributed by atoms with Gasteiger partial charge in [0.2, 0.25) is 0 Å². The summed E-state index contributed by atoms with van der Waals surface area (Å²) in [4.78, 5) is 14.4. The number of halogens is 1. The molecule has 1 aliphatic heterocycles. The number of hydrogen-bond acceptors (Lipinski definition) is 2. The zero-order valence-corrected chi connectivity index (χ0v) is 12.4. The van der Waals surface area contributed by atoms with E-state index in [9.17, 15) is 4.79 Å². The van der Waals surface area contributed by atoms with Crippen molar-refractivity contribution < 1.29 is 4.79 Å². The average Bonchev–Trinajstić information content (AvgIpc) is 2.52. The van der Waals surface area contributed by atoms with Gasteiger partial charge in [0.25, 0.3) is 5.91 Å². The molecule has 4 heteroatoms. The van der Waals surface area contributed by atoms with Crippen molar-refractivity contribution in [2.45, 2.75) is 19.5 Å². The predicted octanol–water partition coefficient (Wildman–Crippen LogP) is 3.00. The maximum atomic E-state index is 12.5. The molecule has 2 aromatic carbocycles. The summed E-state index contributed by atoms with van der Waals surface area (Å²) < 4.78 is 0. The Morgan fingerprint density at radius 3 is 2.76 bits per heavy atom. The summed E-state index contributed by atoms with van der Waals surface area (Å²) in [6.07, 6.45) is 0.889. The van der Waals surface area contributed by atoms with Gasteiger partial charge in [-0.15, -0.1) is 0 Å². The van der Waals surface area contributed by atoms with Gasteiger partial charge in [0, 0.05) is 30.2 Å². The van der Waals surface area contributed by atoms with Gasteiger partial charge in [0.05, 0.1) is 0 Å². The van der Waals surface area contributed by atoms with Gasteiger partial charge < -0.3 is 10.6 Å². The fourth-order valence-corrected chi connectivity index (χ4v) is 2.94. The van der Waals surface area contributed by atoms with Crippen LogP contribution in [0.5, 0.6) is 0 Å². The van der Waals surface area contributed by atoms with Crippen LogP contribution in [-0.2, 0) is 19.5 Å². The lowest BCUT2D eigenvalue weighted by molar-refractivity contribution is 0.0727. The fourth-order valence-electron chi connectivity index (χ4n) is 2.68. The second-order valence-electron chi connectivity index (χ2n) is 5.26. The van der Waals surface area contributed by atoms with E-state index in [1.807, 2.05) is 47.4 Å². The van der Waals surface area contributed by atoms with Crippen LogP contribution in [-0.4, -0.2) is 17.4 Å². The predicted molar refractivity (Wildman–Crippen MR) is 84.2 cm³/mol. The van der Waals surface area contributed by atoms with E-state index in [1.54, 1.807) is 0 Å². The van der Waals surface area contributed by atoms with Crippen LogP contribution in [0.3, 0.4) is 0 Å². The lowest BCUT2D eigenvalue weighted by atomic mass is 9.98. The third-order valence-corrected chi connectivity index (χ3v) is 4.25. The highest BCUT2D eigenvalue weighted by Gasteiger charge is 2.24. The second-order valence-corrected chi connectivity index (χ2v) is 5.67. The number of rotatable bonds is 3. The molecular weight excluding hydrogens is 284 g/mol. The van der Waals surface area contributed by atoms with Crippen LogP contribution in [0.2, 0.25) is 5.02 Å². The van der Waals surface area contributed by atoms with Gasteiger partial charge >= 0.3 is 0 Å². The molecule has 1 aliphatic rings. The number of nitrogens with two attached hydrogens (primary N) is 1. The Kier molecular flexibility index (Phi) is 3.95. The fraction of sp³-hybridized carbons (Fsp3) is 0.235. The Morgan fingerprint density at radius 1 is 1.19 bits per heavy atom. The Bertz CT molecular complexity index is 684. The molecule has 0 aromatic heterocycles. The molecule has 108 valence electrons. The first-order chi connectivity index (χ1) is 10.2. The monoisotopic (exact) mass is 300 g/mol. The summed E-state index contributed by atoms with van der Waals surface area (Å²) in [5.74, 6) is 0.0795. The molecule has 2 aromatic rings. The van der Waals surface area contributed by atoms with Crippen molar-refractivity contribution in [3.63, 3.8) is 0 Å². The quantitative estimate of drug-likeness (QED) is 0.947. The van der Waals surface area contributed by atoms with Gasteiger partial charge in [-0.2, -0.15) is 0 Å². The van der Waals surface area contributed by atoms with Crippen molar-refractivity contribution in [2.24, 2.45) is 5.73 Å². The molecule has 0 spiro atoms. The molecule has 0 unspecified atom stereocenters. The Morgan fingerprint density at radius 2 is 2.00 bits per heavy atom. The second kappa shape index (κ2) is 5.88. The molecule has 0 aliphatic carbocycles. The summed E-state index contributed by atoms with van der Waals surface area (Å²) in [6, 6.07) is 13.6. The summed E-state index contributed by atoms with van der Waals surface area (Å²) in [5, 5.41) is 0.671. The zero-order valence-electron chi connectivity index (χ0n) is 11.7. The number of fused-ring (bicyclic) bond motifs is 1. The number of amides is 1. The molecule has 2 N–H and O–H groups in total. The van der Waals surface area contributed by atoms with Gasteiger partial charge in [-0.25, -0.2) is 0 Å². The van der Waals surface area contributed by atoms with Crippen LogP contribution < -0.4 is 5.73 Å². The third kappa shape index (κ3) is 2.80. The molecule has 0 bridgehead atoms. The highest BCUT2D eigenvalue weighted by Crippen LogP contribution is 2.24. The molecule has 1 heterocycles. The van der Waals surface area contributed by atoms with Gasteiger partial charge in [0.1, 0.15) is 0 Å². The molecule has 3 nitrogen and oxygen atoms in total. The highest BCUT2D eigenvalue weighted by molar-refractivity contribution is 6.31. The molecule has 0 saturated carbocycles. The first-order valence-electron chi connectivity index (χ1n) is 7.03. The maximum absolute atomic E-state index is 12.5. The topological polar surface area (TPSA) is 46.3 Å². The van der Waals surface area contributed by atoms with Crippen LogP contribution in [0.4, 0.5) is 0 Å². The molecule has 0 saturated heterocycles. The Balaban J connectivity index is 1.82. The van der Waals surface area contributed by atoms with E-state index in [4.69, 9.17) is 17.3 Å². The standard InChI is InChI=1S/C17H17ClN2O/c18-16-9-12(10-19)5-6-14(16)11-20-8-7-13-3-1-2-4-15(13)17(20)21/h1-6,9H,7-8,10-11,19H2. The molecule has 0 radical (unpaired) electrons. The molecular formula is C17H17ClN2O. The van der Waals surface area contributed by atoms with Crippen LogP contribution in [0.15, 0.2) is 42.5 Å². The number of benzene rings is 2. The van der Waals surface area contributed by atoms with Crippen molar-refractivity contribution in [3.8, 4) is 0 Å². The van der Waals surface area contributed by atoms with Crippen LogP contribution in [0, 0.1) is 0 Å². The molecule has 0 fully saturated rings. The van der Waals surface area contributed by atoms with E-state index in [1.165, 1.54) is 0 Å². The first kappa shape index (κ1) is 14.1. The molecule has 1 amide bonds. The van der Waals surface area contributed by atoms with E-state index >= 15 is 0 Å². The summed E-state index contributed by atoms with van der Waals surface area (Å²) >= 11 is 6.28. The first-order valence-corrected chi connectivity index (χ1v) is 7.41. The Hall–Kier alpha value is -1.84. The van der Waals surface area contributed by atoms with Crippen LogP contribution in [0.1, 0.15) is 27.0 Å². The highest BCUT2D eigenvalue weighted by atomic mass is 35.5. The third-order valence-electron chi connectivity index (χ3n) is 3.90. The van der Waals surface area contributed by atoms with Crippen molar-refractivity contribution >= 4 is 17.5 Å². The lowest BCUT2D eigenvalue weighted by Crippen LogP contribution is -2.37. The summed E-state index contributed by atoms with van der Waals surface area (Å²) in [5.41, 5.74) is 9.50. The minimum absolute atomic E-state index is 0.0795. The number of carbonyl (C=O) groups excluding carboxylic acids is 1. The average molecular weight is 301 g/mol. The van der Waals surface area contributed by atoms with E-state index in [0.717, 1.165) is 35.2 Å². The van der Waals surface area contributed by atoms with E-state index < -0.39 is 0 Å². The van der Waals surface area contributed by atoms with Gasteiger partial charge in [-0.3, -0.25) is 4.79 Å². The molecule has 3 rings (SSSR count). The number of carbonyl (C=O) groups is 1. The lowest BCUT2D eigenvalue weighted by Gasteiger charge is -2.29. The maximum Gasteiger partial charge on any atom is 0.254 e. The number of hydrogen-bond donors (Lipinski definition) is 1. The smallest absolute Gasteiger partial charge is 0.254 e. The largest absolute Gasteiger partial charge is 0.334 e. The summed E-state index contributed by atoms with van der Waals surface area (Å²) in [7, 11) is 0. The minimum Gasteiger partial charge on any atom is -0.334 e. The SMILES string of the molecule is NCc1ccc(CN2CCc3ccccc3C2=O)c(Cl)c1. The van der Waals surface area contributed by atoms with E-state index in [-0.39, 0.29) is 5.91 Å². The molecule has 0 atom stereocenters. The minimum atomic E-state index is 0.0795. The Labute approximate surface area is 129 Å². The van der Waals surface area contributed by atoms with Crippen molar-refractivity contribution in [2.75, 3.05) is 6.54 Å². The van der Waals surface area contributed by atoms with Crippen molar-refractivity contribution in [1.29, 1.82) is 0 Å². The molecule has 21 heavy (non-hydrogen) atoms. The van der Waals surface area contributed by atoms with Crippen molar-refractivity contribution in [3.05, 3.63) is 69.7 Å².